The molecule has 0 fully saturated rings. The minimum Gasteiger partial charge on any atom is -0.493 e. The predicted octanol–water partition coefficient (Wildman–Crippen LogP) is 4.36. The molecule has 192 valence electrons. The number of aryl methyl sites for hydroxylation is 1. The van der Waals surface area contributed by atoms with E-state index >= 15 is 0 Å². The van der Waals surface area contributed by atoms with E-state index < -0.39 is 22.5 Å². The number of benzene rings is 3. The molecule has 3 rings (SSSR count). The van der Waals surface area contributed by atoms with E-state index in [4.69, 9.17) is 25.8 Å². The van der Waals surface area contributed by atoms with Gasteiger partial charge in [0, 0.05) is 11.1 Å². The van der Waals surface area contributed by atoms with E-state index in [0.717, 1.165) is 21.2 Å². The highest BCUT2D eigenvalue weighted by molar-refractivity contribution is 7.92. The summed E-state index contributed by atoms with van der Waals surface area (Å²) in [5.41, 5.74) is 2.42. The third-order valence-corrected chi connectivity index (χ3v) is 7.60. The highest BCUT2D eigenvalue weighted by Gasteiger charge is 2.28. The summed E-state index contributed by atoms with van der Waals surface area (Å²) in [6, 6.07) is 16.2. The third kappa shape index (κ3) is 6.41. The van der Waals surface area contributed by atoms with Gasteiger partial charge in [-0.05, 0) is 67.4 Å². The van der Waals surface area contributed by atoms with Crippen molar-refractivity contribution >= 4 is 33.2 Å². The molecule has 0 aliphatic heterocycles. The molecule has 0 saturated carbocycles. The molecule has 10 heteroatoms. The minimum atomic E-state index is -4.14. The van der Waals surface area contributed by atoms with Crippen molar-refractivity contribution in [3.63, 3.8) is 0 Å². The third-order valence-electron chi connectivity index (χ3n) is 5.58. The van der Waals surface area contributed by atoms with Crippen LogP contribution in [-0.2, 0) is 14.8 Å². The van der Waals surface area contributed by atoms with Gasteiger partial charge in [0.15, 0.2) is 11.5 Å². The molecule has 0 bridgehead atoms. The zero-order chi connectivity index (χ0) is 26.3. The topological polar surface area (TPSA) is 94.2 Å². The van der Waals surface area contributed by atoms with Gasteiger partial charge in [0.25, 0.3) is 10.0 Å². The molecule has 0 aliphatic carbocycles. The molecule has 0 spiro atoms. The average molecular weight is 533 g/mol. The smallest absolute Gasteiger partial charge is 0.264 e. The molecule has 0 radical (unpaired) electrons. The lowest BCUT2D eigenvalue weighted by molar-refractivity contribution is -0.119. The average Bonchev–Trinajstić information content (AvgIpc) is 2.87. The maximum Gasteiger partial charge on any atom is 0.264 e. The molecule has 36 heavy (non-hydrogen) atoms. The van der Waals surface area contributed by atoms with E-state index in [0.29, 0.717) is 10.8 Å². The van der Waals surface area contributed by atoms with Crippen LogP contribution in [0.25, 0.3) is 0 Å². The zero-order valence-electron chi connectivity index (χ0n) is 20.6. The van der Waals surface area contributed by atoms with Crippen molar-refractivity contribution in [3.05, 3.63) is 76.8 Å². The molecule has 1 N–H and O–H groups in total. The van der Waals surface area contributed by atoms with Crippen molar-refractivity contribution in [1.82, 2.24) is 5.32 Å². The number of anilines is 1. The number of amides is 1. The van der Waals surface area contributed by atoms with Gasteiger partial charge in [-0.1, -0.05) is 23.7 Å². The summed E-state index contributed by atoms with van der Waals surface area (Å²) in [5.74, 6) is 0.889. The summed E-state index contributed by atoms with van der Waals surface area (Å²) < 4.78 is 44.4. The summed E-state index contributed by atoms with van der Waals surface area (Å²) in [6.07, 6.45) is 0. The Hall–Kier alpha value is -3.43. The van der Waals surface area contributed by atoms with Crippen molar-refractivity contribution in [2.24, 2.45) is 0 Å². The van der Waals surface area contributed by atoms with Crippen molar-refractivity contribution in [2.45, 2.75) is 18.7 Å². The highest BCUT2D eigenvalue weighted by Crippen LogP contribution is 2.32. The van der Waals surface area contributed by atoms with Crippen LogP contribution in [0.3, 0.4) is 0 Å². The molecular weight excluding hydrogens is 504 g/mol. The number of rotatable bonds is 11. The van der Waals surface area contributed by atoms with Gasteiger partial charge in [0.2, 0.25) is 5.91 Å². The fraction of sp³-hybridized carbons (Fsp3) is 0.269. The second-order valence-corrected chi connectivity index (χ2v) is 10.2. The fourth-order valence-corrected chi connectivity index (χ4v) is 5.01. The number of carbonyl (C=O) groups is 1. The van der Waals surface area contributed by atoms with Crippen molar-refractivity contribution in [1.29, 1.82) is 0 Å². The Kier molecular flexibility index (Phi) is 9.06. The van der Waals surface area contributed by atoms with Crippen molar-refractivity contribution in [2.75, 3.05) is 38.2 Å². The number of halogens is 1. The van der Waals surface area contributed by atoms with Gasteiger partial charge in [-0.3, -0.25) is 9.10 Å². The lowest BCUT2D eigenvalue weighted by Gasteiger charge is -2.24. The van der Waals surface area contributed by atoms with E-state index in [1.165, 1.54) is 44.6 Å². The maximum absolute atomic E-state index is 13.6. The van der Waals surface area contributed by atoms with Crippen LogP contribution in [0.15, 0.2) is 65.6 Å². The highest BCUT2D eigenvalue weighted by atomic mass is 35.5. The molecule has 0 aromatic heterocycles. The Balaban J connectivity index is 1.77. The number of sulfonamides is 1. The second-order valence-electron chi connectivity index (χ2n) is 7.90. The molecular formula is C26H29ClN2O6S. The largest absolute Gasteiger partial charge is 0.493 e. The fourth-order valence-electron chi connectivity index (χ4n) is 3.44. The lowest BCUT2D eigenvalue weighted by atomic mass is 10.1. The van der Waals surface area contributed by atoms with Gasteiger partial charge in [-0.2, -0.15) is 0 Å². The molecule has 0 saturated heterocycles. The van der Waals surface area contributed by atoms with Crippen LogP contribution in [-0.4, -0.2) is 48.2 Å². The number of hydrogen-bond donors (Lipinski definition) is 1. The van der Waals surface area contributed by atoms with Crippen LogP contribution >= 0.6 is 11.6 Å². The summed E-state index contributed by atoms with van der Waals surface area (Å²) in [6.45, 7) is 3.96. The Bertz CT molecular complexity index is 1310. The lowest BCUT2D eigenvalue weighted by Crippen LogP contribution is -2.42. The predicted molar refractivity (Wildman–Crippen MR) is 140 cm³/mol. The van der Waals surface area contributed by atoms with Crippen LogP contribution in [0.1, 0.15) is 11.1 Å². The zero-order valence-corrected chi connectivity index (χ0v) is 22.2. The Morgan fingerprint density at radius 1 is 0.944 bits per heavy atom. The van der Waals surface area contributed by atoms with E-state index in [1.807, 2.05) is 32.0 Å². The summed E-state index contributed by atoms with van der Waals surface area (Å²) in [7, 11) is -1.27. The second kappa shape index (κ2) is 12.0. The first-order valence-electron chi connectivity index (χ1n) is 11.1. The standard InChI is InChI=1S/C26H29ClN2O6S/c1-18-6-5-7-23(19(18)2)35-15-14-28-26(30)17-29(21-10-8-20(27)9-11-21)36(31,32)22-12-13-24(33-3)25(16-22)34-4/h5-13,16H,14-15,17H2,1-4H3,(H,28,30). The number of nitrogens with zero attached hydrogens (tertiary/aromatic N) is 1. The van der Waals surface area contributed by atoms with E-state index in [9.17, 15) is 13.2 Å². The maximum atomic E-state index is 13.6. The van der Waals surface area contributed by atoms with Gasteiger partial charge in [0.05, 0.1) is 31.3 Å². The minimum absolute atomic E-state index is 0.0545. The number of carbonyl (C=O) groups excluding carboxylic acids is 1. The number of methoxy groups -OCH3 is 2. The molecule has 0 atom stereocenters. The summed E-state index contributed by atoms with van der Waals surface area (Å²) >= 11 is 5.99. The van der Waals surface area contributed by atoms with Crippen molar-refractivity contribution in [3.8, 4) is 17.2 Å². The first-order valence-corrected chi connectivity index (χ1v) is 12.9. The van der Waals surface area contributed by atoms with Gasteiger partial charge in [0.1, 0.15) is 18.9 Å². The van der Waals surface area contributed by atoms with E-state index in [2.05, 4.69) is 5.32 Å². The Morgan fingerprint density at radius 3 is 2.31 bits per heavy atom. The quantitative estimate of drug-likeness (QED) is 0.369. The number of ether oxygens (including phenoxy) is 3. The Morgan fingerprint density at radius 2 is 1.64 bits per heavy atom. The van der Waals surface area contributed by atoms with Crippen molar-refractivity contribution < 1.29 is 27.4 Å². The van der Waals surface area contributed by atoms with Crippen LogP contribution in [0, 0.1) is 13.8 Å². The molecule has 8 nitrogen and oxygen atoms in total. The van der Waals surface area contributed by atoms with Crippen LogP contribution in [0.4, 0.5) is 5.69 Å². The molecule has 3 aromatic rings. The molecule has 3 aromatic carbocycles. The van der Waals surface area contributed by atoms with E-state index in [-0.39, 0.29) is 29.5 Å². The summed E-state index contributed by atoms with van der Waals surface area (Å²) in [4.78, 5) is 12.7. The van der Waals surface area contributed by atoms with Crippen LogP contribution in [0.2, 0.25) is 5.02 Å². The van der Waals surface area contributed by atoms with Gasteiger partial charge < -0.3 is 19.5 Å². The SMILES string of the molecule is COc1ccc(S(=O)(=O)N(CC(=O)NCCOc2cccc(C)c2C)c2ccc(Cl)cc2)cc1OC. The first-order chi connectivity index (χ1) is 17.2. The molecule has 1 amide bonds. The Labute approximate surface area is 216 Å². The monoisotopic (exact) mass is 532 g/mol. The number of hydrogen-bond acceptors (Lipinski definition) is 6. The summed E-state index contributed by atoms with van der Waals surface area (Å²) in [5, 5.41) is 3.16. The van der Waals surface area contributed by atoms with Crippen LogP contribution in [0.5, 0.6) is 17.2 Å². The van der Waals surface area contributed by atoms with E-state index in [1.54, 1.807) is 12.1 Å². The van der Waals surface area contributed by atoms with Crippen LogP contribution < -0.4 is 23.8 Å². The molecule has 0 aliphatic rings. The molecule has 0 unspecified atom stereocenters. The first kappa shape index (κ1) is 27.2. The van der Waals surface area contributed by atoms with Gasteiger partial charge in [-0.25, -0.2) is 8.42 Å². The normalized spacial score (nSPS) is 11.0. The number of nitrogens with one attached hydrogen (secondary N) is 1. The van der Waals surface area contributed by atoms with Gasteiger partial charge in [-0.15, -0.1) is 0 Å². The molecule has 0 heterocycles. The van der Waals surface area contributed by atoms with Gasteiger partial charge >= 0.3 is 0 Å².